The van der Waals surface area contributed by atoms with E-state index in [1.807, 2.05) is 0 Å². The molecule has 2 rings (SSSR count). The van der Waals surface area contributed by atoms with E-state index in [0.717, 1.165) is 0 Å². The highest BCUT2D eigenvalue weighted by molar-refractivity contribution is 7.91. The molecule has 0 aromatic heterocycles. The second kappa shape index (κ2) is 9.06. The van der Waals surface area contributed by atoms with Crippen LogP contribution < -0.4 is 0 Å². The molecule has 6 nitrogen and oxygen atoms in total. The van der Waals surface area contributed by atoms with Crippen LogP contribution in [0.3, 0.4) is 0 Å². The Morgan fingerprint density at radius 2 is 1.56 bits per heavy atom. The summed E-state index contributed by atoms with van der Waals surface area (Å²) in [5.41, 5.74) is -1.50. The van der Waals surface area contributed by atoms with E-state index >= 15 is 0 Å². The summed E-state index contributed by atoms with van der Waals surface area (Å²) in [5, 5.41) is 0. The van der Waals surface area contributed by atoms with E-state index in [9.17, 15) is 18.0 Å². The number of hydrogen-bond donors (Lipinski definition) is 0. The van der Waals surface area contributed by atoms with Crippen molar-refractivity contribution in [1.82, 2.24) is 0 Å². The van der Waals surface area contributed by atoms with Crippen molar-refractivity contribution in [2.45, 2.75) is 31.6 Å². The van der Waals surface area contributed by atoms with Gasteiger partial charge in [0.25, 0.3) is 0 Å². The Morgan fingerprint density at radius 3 is 2.04 bits per heavy atom. The van der Waals surface area contributed by atoms with Crippen molar-refractivity contribution >= 4 is 33.4 Å². The van der Waals surface area contributed by atoms with Gasteiger partial charge < -0.3 is 9.47 Å². The van der Waals surface area contributed by atoms with Gasteiger partial charge in [-0.15, -0.1) is 11.6 Å². The maximum absolute atomic E-state index is 12.8. The van der Waals surface area contributed by atoms with Gasteiger partial charge in [0.1, 0.15) is 0 Å². The van der Waals surface area contributed by atoms with Crippen LogP contribution in [0, 0.1) is 17.3 Å². The molecule has 1 aliphatic rings. The third-order valence-electron chi connectivity index (χ3n) is 4.95. The number of alkyl halides is 1. The Bertz CT molecular complexity index is 744. The van der Waals surface area contributed by atoms with Crippen LogP contribution >= 0.6 is 11.6 Å². The van der Waals surface area contributed by atoms with Gasteiger partial charge in [0, 0.05) is 5.88 Å². The molecule has 1 aromatic rings. The molecule has 2 atom stereocenters. The van der Waals surface area contributed by atoms with Crippen molar-refractivity contribution in [2.24, 2.45) is 17.3 Å². The number of carbonyl (C=O) groups excluding carboxylic acids is 2. The molecule has 1 aromatic carbocycles. The first kappa shape index (κ1) is 21.7. The Balaban J connectivity index is 2.32. The molecule has 0 radical (unpaired) electrons. The zero-order chi connectivity index (χ0) is 20.1. The lowest BCUT2D eigenvalue weighted by atomic mass is 9.85. The van der Waals surface area contributed by atoms with E-state index in [-0.39, 0.29) is 48.5 Å². The Hall–Kier alpha value is -1.60. The van der Waals surface area contributed by atoms with Gasteiger partial charge in [-0.05, 0) is 50.7 Å². The first-order valence-corrected chi connectivity index (χ1v) is 11.2. The number of rotatable bonds is 8. The summed E-state index contributed by atoms with van der Waals surface area (Å²) in [5.74, 6) is -2.12. The fourth-order valence-corrected chi connectivity index (χ4v) is 5.73. The van der Waals surface area contributed by atoms with Gasteiger partial charge in [-0.3, -0.25) is 9.59 Å². The van der Waals surface area contributed by atoms with Crippen LogP contribution in [-0.2, 0) is 28.9 Å². The predicted molar refractivity (Wildman–Crippen MR) is 101 cm³/mol. The number of esters is 2. The molecular formula is C19H25ClO6S. The first-order chi connectivity index (χ1) is 12.8. The van der Waals surface area contributed by atoms with E-state index in [1.54, 1.807) is 32.0 Å². The summed E-state index contributed by atoms with van der Waals surface area (Å²) < 4.78 is 35.8. The predicted octanol–water partition coefficient (Wildman–Crippen LogP) is 2.84. The topological polar surface area (TPSA) is 86.7 Å². The van der Waals surface area contributed by atoms with Crippen LogP contribution in [0.1, 0.15) is 26.7 Å². The molecule has 0 aliphatic heterocycles. The molecule has 1 saturated carbocycles. The molecule has 0 spiro atoms. The van der Waals surface area contributed by atoms with Gasteiger partial charge in [-0.25, -0.2) is 8.42 Å². The number of hydrogen-bond acceptors (Lipinski definition) is 6. The molecule has 0 unspecified atom stereocenters. The highest BCUT2D eigenvalue weighted by Gasteiger charge is 2.57. The summed E-state index contributed by atoms with van der Waals surface area (Å²) in [6.07, 6.45) is 0.178. The van der Waals surface area contributed by atoms with E-state index < -0.39 is 33.1 Å². The maximum Gasteiger partial charge on any atom is 0.323 e. The summed E-state index contributed by atoms with van der Waals surface area (Å²) >= 11 is 6.07. The minimum Gasteiger partial charge on any atom is -0.465 e. The summed E-state index contributed by atoms with van der Waals surface area (Å²) in [6.45, 7) is 3.56. The number of benzene rings is 1. The van der Waals surface area contributed by atoms with Gasteiger partial charge in [-0.1, -0.05) is 18.2 Å². The fourth-order valence-electron chi connectivity index (χ4n) is 3.65. The van der Waals surface area contributed by atoms with Crippen LogP contribution in [0.25, 0.3) is 0 Å². The van der Waals surface area contributed by atoms with E-state index in [2.05, 4.69) is 0 Å². The zero-order valence-corrected chi connectivity index (χ0v) is 17.1. The van der Waals surface area contributed by atoms with Crippen molar-refractivity contribution in [3.8, 4) is 0 Å². The lowest BCUT2D eigenvalue weighted by Gasteiger charge is -2.24. The lowest BCUT2D eigenvalue weighted by molar-refractivity contribution is -0.172. The number of halogens is 1. The second-order valence-corrected chi connectivity index (χ2v) is 9.04. The van der Waals surface area contributed by atoms with Crippen LogP contribution in [0.5, 0.6) is 0 Å². The van der Waals surface area contributed by atoms with E-state index in [1.165, 1.54) is 12.1 Å². The van der Waals surface area contributed by atoms with Crippen LogP contribution in [0.15, 0.2) is 35.2 Å². The quantitative estimate of drug-likeness (QED) is 0.368. The van der Waals surface area contributed by atoms with Crippen molar-refractivity contribution in [3.63, 3.8) is 0 Å². The monoisotopic (exact) mass is 416 g/mol. The summed E-state index contributed by atoms with van der Waals surface area (Å²) in [7, 11) is -3.58. The molecule has 1 fully saturated rings. The van der Waals surface area contributed by atoms with Crippen molar-refractivity contribution < 1.29 is 27.5 Å². The maximum atomic E-state index is 12.8. The van der Waals surface area contributed by atoms with Gasteiger partial charge in [0.05, 0.1) is 23.9 Å². The van der Waals surface area contributed by atoms with Gasteiger partial charge in [0.15, 0.2) is 15.3 Å². The molecule has 150 valence electrons. The smallest absolute Gasteiger partial charge is 0.323 e. The molecule has 1 aliphatic carbocycles. The number of sulfone groups is 1. The van der Waals surface area contributed by atoms with Gasteiger partial charge in [0.2, 0.25) is 0 Å². The minimum atomic E-state index is -3.58. The second-order valence-electron chi connectivity index (χ2n) is 6.70. The molecule has 0 heterocycles. The zero-order valence-electron chi connectivity index (χ0n) is 15.5. The Kier molecular flexibility index (Phi) is 7.28. The Labute approximate surface area is 165 Å². The van der Waals surface area contributed by atoms with Crippen LogP contribution in [0.4, 0.5) is 0 Å². The van der Waals surface area contributed by atoms with Gasteiger partial charge >= 0.3 is 11.9 Å². The average molecular weight is 417 g/mol. The third kappa shape index (κ3) is 4.63. The molecular weight excluding hydrogens is 392 g/mol. The molecule has 0 amide bonds. The normalized spacial score (nSPS) is 21.6. The van der Waals surface area contributed by atoms with Crippen LogP contribution in [0.2, 0.25) is 0 Å². The molecule has 0 N–H and O–H groups in total. The highest BCUT2D eigenvalue weighted by atomic mass is 35.5. The van der Waals surface area contributed by atoms with Crippen LogP contribution in [-0.4, -0.2) is 45.2 Å². The average Bonchev–Trinajstić information content (AvgIpc) is 3.02. The summed E-state index contributed by atoms with van der Waals surface area (Å²) in [6, 6.07) is 8.11. The highest BCUT2D eigenvalue weighted by Crippen LogP contribution is 2.48. The summed E-state index contributed by atoms with van der Waals surface area (Å²) in [4.78, 5) is 25.4. The SMILES string of the molecule is CCOC(=O)C1(C(=O)OCC)C[C@H](CCl)[C@H](CS(=O)(=O)c2ccccc2)C1. The lowest BCUT2D eigenvalue weighted by Crippen LogP contribution is -2.40. The Morgan fingerprint density at radius 1 is 1.04 bits per heavy atom. The molecule has 27 heavy (non-hydrogen) atoms. The number of carbonyl (C=O) groups is 2. The van der Waals surface area contributed by atoms with Crippen molar-refractivity contribution in [3.05, 3.63) is 30.3 Å². The van der Waals surface area contributed by atoms with Crippen molar-refractivity contribution in [1.29, 1.82) is 0 Å². The first-order valence-electron chi connectivity index (χ1n) is 8.99. The third-order valence-corrected chi connectivity index (χ3v) is 7.21. The molecule has 0 saturated heterocycles. The molecule has 8 heteroatoms. The number of ether oxygens (including phenoxy) is 2. The standard InChI is InChI=1S/C19H25ClO6S/c1-3-25-17(21)19(18(22)26-4-2)10-14(12-20)15(11-19)13-27(23,24)16-8-6-5-7-9-16/h5-9,14-15H,3-4,10-13H2,1-2H3/t14-,15+/m1/s1. The van der Waals surface area contributed by atoms with Gasteiger partial charge in [-0.2, -0.15) is 0 Å². The van der Waals surface area contributed by atoms with E-state index in [0.29, 0.717) is 0 Å². The largest absolute Gasteiger partial charge is 0.465 e. The molecule has 0 bridgehead atoms. The fraction of sp³-hybridized carbons (Fsp3) is 0.579. The van der Waals surface area contributed by atoms with E-state index in [4.69, 9.17) is 21.1 Å². The van der Waals surface area contributed by atoms with Crippen molar-refractivity contribution in [2.75, 3.05) is 24.8 Å². The minimum absolute atomic E-state index is 0.0497.